The number of nitro groups is 1. The van der Waals surface area contributed by atoms with Crippen LogP contribution in [0.1, 0.15) is 33.1 Å². The minimum Gasteiger partial charge on any atom is -0.376 e. The van der Waals surface area contributed by atoms with E-state index >= 15 is 0 Å². The molecule has 0 amide bonds. The zero-order chi connectivity index (χ0) is 14.0. The number of rotatable bonds is 3. The van der Waals surface area contributed by atoms with Crippen molar-refractivity contribution in [3.63, 3.8) is 0 Å². The highest BCUT2D eigenvalue weighted by Gasteiger charge is 2.29. The third-order valence-electron chi connectivity index (χ3n) is 4.02. The molecule has 2 rings (SSSR count). The Morgan fingerprint density at radius 3 is 2.53 bits per heavy atom. The minimum atomic E-state index is -0.383. The maximum absolute atomic E-state index is 11.1. The predicted molar refractivity (Wildman–Crippen MR) is 77.7 cm³/mol. The van der Waals surface area contributed by atoms with Gasteiger partial charge in [-0.3, -0.25) is 10.1 Å². The van der Waals surface area contributed by atoms with Gasteiger partial charge in [-0.15, -0.1) is 0 Å². The van der Waals surface area contributed by atoms with Crippen molar-refractivity contribution in [2.45, 2.75) is 39.2 Å². The Hall–Kier alpha value is -1.29. The van der Waals surface area contributed by atoms with Gasteiger partial charge in [0.1, 0.15) is 5.69 Å². The minimum absolute atomic E-state index is 0.0532. The number of benzene rings is 1. The molecule has 1 aromatic carbocycles. The molecule has 0 saturated heterocycles. The second kappa shape index (κ2) is 5.78. The highest BCUT2D eigenvalue weighted by Crippen LogP contribution is 2.34. The zero-order valence-corrected chi connectivity index (χ0v) is 12.0. The first kappa shape index (κ1) is 14.1. The van der Waals surface area contributed by atoms with E-state index in [1.165, 1.54) is 25.3 Å². The van der Waals surface area contributed by atoms with E-state index in [0.29, 0.717) is 22.5 Å². The van der Waals surface area contributed by atoms with Crippen LogP contribution in [0.2, 0.25) is 5.02 Å². The largest absolute Gasteiger partial charge is 0.376 e. The van der Waals surface area contributed by atoms with Crippen LogP contribution in [0.3, 0.4) is 0 Å². The van der Waals surface area contributed by atoms with Crippen LogP contribution < -0.4 is 5.32 Å². The van der Waals surface area contributed by atoms with Crippen LogP contribution >= 0.6 is 11.6 Å². The monoisotopic (exact) mass is 282 g/mol. The number of nitro benzene ring substituents is 1. The van der Waals surface area contributed by atoms with Crippen molar-refractivity contribution in [2.24, 2.45) is 11.8 Å². The third kappa shape index (κ3) is 3.18. The normalized spacial score (nSPS) is 27.0. The van der Waals surface area contributed by atoms with Crippen molar-refractivity contribution in [2.75, 3.05) is 5.32 Å². The van der Waals surface area contributed by atoms with E-state index < -0.39 is 0 Å². The van der Waals surface area contributed by atoms with Crippen molar-refractivity contribution in [1.29, 1.82) is 0 Å². The zero-order valence-electron chi connectivity index (χ0n) is 11.2. The van der Waals surface area contributed by atoms with E-state index in [9.17, 15) is 10.1 Å². The second-order valence-corrected chi connectivity index (χ2v) is 5.91. The Kier molecular flexibility index (Phi) is 4.30. The SMILES string of the molecule is CC1CCCC(C)C1Nc1ccc(Cl)cc1[N+](=O)[O-]. The molecule has 2 atom stereocenters. The molecule has 19 heavy (non-hydrogen) atoms. The van der Waals surface area contributed by atoms with Crippen molar-refractivity contribution in [3.8, 4) is 0 Å². The van der Waals surface area contributed by atoms with Crippen LogP contribution in [0, 0.1) is 22.0 Å². The molecule has 4 nitrogen and oxygen atoms in total. The van der Waals surface area contributed by atoms with Crippen LogP contribution in [-0.4, -0.2) is 11.0 Å². The fourth-order valence-corrected chi connectivity index (χ4v) is 3.09. The van der Waals surface area contributed by atoms with Gasteiger partial charge in [-0.2, -0.15) is 0 Å². The van der Waals surface area contributed by atoms with Gasteiger partial charge in [0.2, 0.25) is 0 Å². The fourth-order valence-electron chi connectivity index (χ4n) is 2.92. The molecule has 5 heteroatoms. The average molecular weight is 283 g/mol. The lowest BCUT2D eigenvalue weighted by molar-refractivity contribution is -0.384. The first-order chi connectivity index (χ1) is 8.99. The number of anilines is 1. The molecule has 0 bridgehead atoms. The quantitative estimate of drug-likeness (QED) is 0.657. The molecule has 0 heterocycles. The van der Waals surface area contributed by atoms with Crippen LogP contribution in [-0.2, 0) is 0 Å². The summed E-state index contributed by atoms with van der Waals surface area (Å²) in [6.07, 6.45) is 3.58. The number of nitrogens with zero attached hydrogens (tertiary/aromatic N) is 1. The first-order valence-corrected chi connectivity index (χ1v) is 7.07. The van der Waals surface area contributed by atoms with Gasteiger partial charge in [0, 0.05) is 17.1 Å². The van der Waals surface area contributed by atoms with Gasteiger partial charge in [-0.05, 0) is 36.8 Å². The Morgan fingerprint density at radius 2 is 1.95 bits per heavy atom. The number of nitrogens with one attached hydrogen (secondary N) is 1. The molecule has 1 saturated carbocycles. The Bertz CT molecular complexity index is 469. The summed E-state index contributed by atoms with van der Waals surface area (Å²) < 4.78 is 0. The summed E-state index contributed by atoms with van der Waals surface area (Å²) in [7, 11) is 0. The smallest absolute Gasteiger partial charge is 0.293 e. The van der Waals surface area contributed by atoms with Crippen LogP contribution in [0.4, 0.5) is 11.4 Å². The number of halogens is 1. The lowest BCUT2D eigenvalue weighted by atomic mass is 9.78. The van der Waals surface area contributed by atoms with Gasteiger partial charge in [0.25, 0.3) is 5.69 Å². The average Bonchev–Trinajstić information content (AvgIpc) is 2.35. The molecule has 1 N–H and O–H groups in total. The van der Waals surface area contributed by atoms with Crippen molar-refractivity contribution in [1.82, 2.24) is 0 Å². The van der Waals surface area contributed by atoms with Crippen LogP contribution in [0.15, 0.2) is 18.2 Å². The van der Waals surface area contributed by atoms with Crippen LogP contribution in [0.5, 0.6) is 0 Å². The van der Waals surface area contributed by atoms with E-state index in [1.54, 1.807) is 12.1 Å². The van der Waals surface area contributed by atoms with E-state index in [-0.39, 0.29) is 16.7 Å². The molecule has 0 aliphatic heterocycles. The highest BCUT2D eigenvalue weighted by molar-refractivity contribution is 6.30. The molecule has 1 fully saturated rings. The Labute approximate surface area is 118 Å². The van der Waals surface area contributed by atoms with Crippen molar-refractivity contribution in [3.05, 3.63) is 33.3 Å². The number of hydrogen-bond acceptors (Lipinski definition) is 3. The maximum Gasteiger partial charge on any atom is 0.293 e. The van der Waals surface area contributed by atoms with E-state index in [1.807, 2.05) is 0 Å². The molecule has 1 aliphatic carbocycles. The van der Waals surface area contributed by atoms with E-state index in [4.69, 9.17) is 11.6 Å². The summed E-state index contributed by atoms with van der Waals surface area (Å²) in [5, 5.41) is 14.8. The number of hydrogen-bond donors (Lipinski definition) is 1. The topological polar surface area (TPSA) is 55.2 Å². The molecule has 104 valence electrons. The van der Waals surface area contributed by atoms with Gasteiger partial charge < -0.3 is 5.32 Å². The van der Waals surface area contributed by atoms with Gasteiger partial charge in [-0.25, -0.2) is 0 Å². The molecule has 1 aliphatic rings. The van der Waals surface area contributed by atoms with E-state index in [2.05, 4.69) is 19.2 Å². The summed E-state index contributed by atoms with van der Waals surface area (Å²) in [6.45, 7) is 4.41. The lowest BCUT2D eigenvalue weighted by Gasteiger charge is -2.35. The first-order valence-electron chi connectivity index (χ1n) is 6.69. The summed E-state index contributed by atoms with van der Waals surface area (Å²) in [6, 6.07) is 5.08. The lowest BCUT2D eigenvalue weighted by Crippen LogP contribution is -2.37. The van der Waals surface area contributed by atoms with Crippen molar-refractivity contribution < 1.29 is 4.92 Å². The third-order valence-corrected chi connectivity index (χ3v) is 4.26. The molecule has 0 spiro atoms. The summed E-state index contributed by atoms with van der Waals surface area (Å²) in [5.41, 5.74) is 0.623. The van der Waals surface area contributed by atoms with Crippen molar-refractivity contribution >= 4 is 23.0 Å². The predicted octanol–water partition coefficient (Wildman–Crippen LogP) is 4.48. The maximum atomic E-state index is 11.1. The highest BCUT2D eigenvalue weighted by atomic mass is 35.5. The standard InChI is InChI=1S/C14H19ClN2O2/c1-9-4-3-5-10(2)14(9)16-12-7-6-11(15)8-13(12)17(18)19/h6-10,14,16H,3-5H2,1-2H3. The molecular formula is C14H19ClN2O2. The second-order valence-electron chi connectivity index (χ2n) is 5.47. The summed E-state index contributed by atoms with van der Waals surface area (Å²) in [5.74, 6) is 1.05. The van der Waals surface area contributed by atoms with Gasteiger partial charge in [0.15, 0.2) is 0 Å². The van der Waals surface area contributed by atoms with Crippen LogP contribution in [0.25, 0.3) is 0 Å². The summed E-state index contributed by atoms with van der Waals surface area (Å²) >= 11 is 5.83. The van der Waals surface area contributed by atoms with Gasteiger partial charge in [0.05, 0.1) is 4.92 Å². The molecular weight excluding hydrogens is 264 g/mol. The van der Waals surface area contributed by atoms with E-state index in [0.717, 1.165) is 0 Å². The Morgan fingerprint density at radius 1 is 1.32 bits per heavy atom. The van der Waals surface area contributed by atoms with Gasteiger partial charge in [-0.1, -0.05) is 31.9 Å². The fraction of sp³-hybridized carbons (Fsp3) is 0.571. The molecule has 0 radical (unpaired) electrons. The Balaban J connectivity index is 2.24. The van der Waals surface area contributed by atoms with Gasteiger partial charge >= 0.3 is 0 Å². The molecule has 0 aromatic heterocycles. The molecule has 1 aromatic rings. The summed E-state index contributed by atoms with van der Waals surface area (Å²) in [4.78, 5) is 10.7. The molecule has 2 unspecified atom stereocenters.